The van der Waals surface area contributed by atoms with Crippen molar-refractivity contribution in [2.45, 2.75) is 6.08 Å². The van der Waals surface area contributed by atoms with Crippen molar-refractivity contribution in [3.05, 3.63) is 28.7 Å². The summed E-state index contributed by atoms with van der Waals surface area (Å²) in [5, 5.41) is 0. The van der Waals surface area contributed by atoms with Crippen LogP contribution in [0.2, 0.25) is 0 Å². The summed E-state index contributed by atoms with van der Waals surface area (Å²) < 4.78 is 47.4. The lowest BCUT2D eigenvalue weighted by atomic mass is 10.3. The van der Waals surface area contributed by atoms with Crippen LogP contribution in [0, 0.1) is 0 Å². The van der Waals surface area contributed by atoms with Gasteiger partial charge in [-0.25, -0.2) is 0 Å². The van der Waals surface area contributed by atoms with Gasteiger partial charge in [0.05, 0.1) is 20.0 Å². The molecule has 12 heavy (non-hydrogen) atoms. The summed E-state index contributed by atoms with van der Waals surface area (Å²) in [6.07, 6.45) is -2.42. The zero-order chi connectivity index (χ0) is 12.9. The van der Waals surface area contributed by atoms with Crippen LogP contribution in [0.1, 0.15) is 6.85 Å². The van der Waals surface area contributed by atoms with E-state index >= 15 is 0 Å². The Labute approximate surface area is 86.6 Å². The minimum absolute atomic E-state index is 0.199. The highest BCUT2D eigenvalue weighted by Gasteiger charge is 2.19. The van der Waals surface area contributed by atoms with E-state index in [-0.39, 0.29) is 5.75 Å². The Balaban J connectivity index is 2.28. The van der Waals surface area contributed by atoms with E-state index < -0.39 is 19.2 Å². The van der Waals surface area contributed by atoms with Crippen molar-refractivity contribution in [1.29, 1.82) is 0 Å². The van der Waals surface area contributed by atoms with Crippen LogP contribution in [-0.2, 0) is 4.74 Å². The molecule has 0 aliphatic carbocycles. The highest BCUT2D eigenvalue weighted by Crippen LogP contribution is 2.20. The number of hydrogen-bond acceptors (Lipinski definition) is 2. The SMILES string of the molecule is [2H]C1([2H])OC([2H])([2H])C1([2H])Oc1cccc(Br)c1. The second-order valence-corrected chi connectivity index (χ2v) is 3.11. The summed E-state index contributed by atoms with van der Waals surface area (Å²) in [4.78, 5) is 0. The summed E-state index contributed by atoms with van der Waals surface area (Å²) in [6, 6.07) is 6.43. The van der Waals surface area contributed by atoms with E-state index in [2.05, 4.69) is 20.7 Å². The van der Waals surface area contributed by atoms with Crippen LogP contribution in [0.4, 0.5) is 0 Å². The van der Waals surface area contributed by atoms with Gasteiger partial charge in [0, 0.05) is 4.47 Å². The van der Waals surface area contributed by atoms with Crippen LogP contribution in [0.25, 0.3) is 0 Å². The molecule has 0 radical (unpaired) electrons. The van der Waals surface area contributed by atoms with E-state index in [9.17, 15) is 0 Å². The van der Waals surface area contributed by atoms with Crippen LogP contribution < -0.4 is 4.74 Å². The predicted octanol–water partition coefficient (Wildman–Crippen LogP) is 2.23. The first-order valence-electron chi connectivity index (χ1n) is 5.83. The van der Waals surface area contributed by atoms with Crippen molar-refractivity contribution in [3.63, 3.8) is 0 Å². The van der Waals surface area contributed by atoms with Crippen LogP contribution in [0.15, 0.2) is 28.7 Å². The molecule has 0 unspecified atom stereocenters. The van der Waals surface area contributed by atoms with Crippen molar-refractivity contribution in [2.24, 2.45) is 0 Å². The average Bonchev–Trinajstić information content (AvgIpc) is 2.15. The molecule has 1 aliphatic heterocycles. The summed E-state index contributed by atoms with van der Waals surface area (Å²) in [7, 11) is 0. The van der Waals surface area contributed by atoms with Crippen molar-refractivity contribution >= 4 is 15.9 Å². The van der Waals surface area contributed by atoms with Gasteiger partial charge >= 0.3 is 0 Å². The fraction of sp³-hybridized carbons (Fsp3) is 0.333. The molecule has 3 heteroatoms. The predicted molar refractivity (Wildman–Crippen MR) is 49.4 cm³/mol. The molecule has 1 saturated heterocycles. The summed E-state index contributed by atoms with van der Waals surface area (Å²) >= 11 is 3.21. The zero-order valence-corrected chi connectivity index (χ0v) is 7.59. The number of rotatable bonds is 2. The minimum atomic E-state index is -2.49. The number of hydrogen-bond donors (Lipinski definition) is 0. The zero-order valence-electron chi connectivity index (χ0n) is 11.0. The second kappa shape index (κ2) is 3.46. The molecule has 0 aromatic heterocycles. The third kappa shape index (κ3) is 1.79. The maximum Gasteiger partial charge on any atom is 0.145 e. The fourth-order valence-electron chi connectivity index (χ4n) is 0.783. The normalized spacial score (nSPS) is 34.2. The molecule has 0 bridgehead atoms. The summed E-state index contributed by atoms with van der Waals surface area (Å²) in [6.45, 7) is -4.97. The van der Waals surface area contributed by atoms with Gasteiger partial charge in [0.2, 0.25) is 0 Å². The first-order chi connectivity index (χ1) is 7.68. The molecule has 0 saturated carbocycles. The van der Waals surface area contributed by atoms with Crippen molar-refractivity contribution in [3.8, 4) is 5.75 Å². The van der Waals surface area contributed by atoms with E-state index in [4.69, 9.17) is 11.6 Å². The lowest BCUT2D eigenvalue weighted by molar-refractivity contribution is -0.0797. The van der Waals surface area contributed by atoms with Crippen LogP contribution in [0.3, 0.4) is 0 Å². The largest absolute Gasteiger partial charge is 0.486 e. The molecule has 2 nitrogen and oxygen atoms in total. The van der Waals surface area contributed by atoms with Gasteiger partial charge in [-0.15, -0.1) is 0 Å². The van der Waals surface area contributed by atoms with E-state index in [1.165, 1.54) is 12.1 Å². The molecule has 1 aliphatic rings. The molecule has 1 aromatic carbocycles. The number of ether oxygens (including phenoxy) is 2. The van der Waals surface area contributed by atoms with Crippen molar-refractivity contribution in [2.75, 3.05) is 13.1 Å². The second-order valence-electron chi connectivity index (χ2n) is 2.19. The molecule has 0 amide bonds. The quantitative estimate of drug-likeness (QED) is 0.781. The third-order valence-corrected chi connectivity index (χ3v) is 1.80. The van der Waals surface area contributed by atoms with Gasteiger partial charge in [-0.1, -0.05) is 22.0 Å². The fourth-order valence-corrected chi connectivity index (χ4v) is 1.16. The third-order valence-electron chi connectivity index (χ3n) is 1.30. The monoisotopic (exact) mass is 233 g/mol. The van der Waals surface area contributed by atoms with Gasteiger partial charge in [-0.2, -0.15) is 0 Å². The Bertz CT molecular complexity index is 437. The molecule has 2 rings (SSSR count). The van der Waals surface area contributed by atoms with Gasteiger partial charge in [-0.05, 0) is 18.2 Å². The molecule has 1 aromatic rings. The Hall–Kier alpha value is -0.540. The molecule has 0 N–H and O–H groups in total. The van der Waals surface area contributed by atoms with E-state index in [0.717, 1.165) is 0 Å². The highest BCUT2D eigenvalue weighted by molar-refractivity contribution is 9.10. The minimum Gasteiger partial charge on any atom is -0.486 e. The molecular formula is C9H9BrO2. The van der Waals surface area contributed by atoms with Gasteiger partial charge < -0.3 is 9.47 Å². The lowest BCUT2D eigenvalue weighted by Gasteiger charge is -2.26. The van der Waals surface area contributed by atoms with Crippen molar-refractivity contribution in [1.82, 2.24) is 0 Å². The first kappa shape index (κ1) is 4.11. The Morgan fingerprint density at radius 2 is 2.50 bits per heavy atom. The summed E-state index contributed by atoms with van der Waals surface area (Å²) in [5.74, 6) is 0.199. The van der Waals surface area contributed by atoms with Crippen molar-refractivity contribution < 1.29 is 16.3 Å². The molecular weight excluding hydrogens is 220 g/mol. The maximum atomic E-state index is 7.76. The van der Waals surface area contributed by atoms with Gasteiger partial charge in [0.1, 0.15) is 11.8 Å². The Morgan fingerprint density at radius 1 is 1.67 bits per heavy atom. The van der Waals surface area contributed by atoms with E-state index in [0.29, 0.717) is 4.47 Å². The number of halogens is 1. The van der Waals surface area contributed by atoms with Crippen LogP contribution in [0.5, 0.6) is 5.75 Å². The number of benzene rings is 1. The Morgan fingerprint density at radius 3 is 3.17 bits per heavy atom. The topological polar surface area (TPSA) is 18.5 Å². The van der Waals surface area contributed by atoms with Gasteiger partial charge in [0.15, 0.2) is 0 Å². The van der Waals surface area contributed by atoms with Gasteiger partial charge in [0.25, 0.3) is 0 Å². The van der Waals surface area contributed by atoms with Crippen LogP contribution in [-0.4, -0.2) is 19.2 Å². The Kier molecular flexibility index (Phi) is 1.18. The summed E-state index contributed by atoms with van der Waals surface area (Å²) in [5.41, 5.74) is 0. The van der Waals surface area contributed by atoms with Crippen LogP contribution >= 0.6 is 15.9 Å². The average molecular weight is 234 g/mol. The van der Waals surface area contributed by atoms with Gasteiger partial charge in [-0.3, -0.25) is 0 Å². The van der Waals surface area contributed by atoms with E-state index in [1.807, 2.05) is 0 Å². The standard InChI is InChI=1S/C9H9BrO2/c10-7-2-1-3-8(4-7)12-9-5-11-6-9/h1-4,9H,5-6H2/i5D2,6D2,9D. The smallest absolute Gasteiger partial charge is 0.145 e. The molecule has 1 fully saturated rings. The molecule has 0 atom stereocenters. The lowest BCUT2D eigenvalue weighted by Crippen LogP contribution is -2.38. The van der Waals surface area contributed by atoms with E-state index in [1.54, 1.807) is 12.1 Å². The first-order valence-corrected chi connectivity index (χ1v) is 4.12. The maximum absolute atomic E-state index is 7.76. The molecule has 1 heterocycles. The molecule has 0 spiro atoms. The highest BCUT2D eigenvalue weighted by atomic mass is 79.9. The molecule has 64 valence electrons.